The quantitative estimate of drug-likeness (QED) is 0.227. The van der Waals surface area contributed by atoms with E-state index in [1.54, 1.807) is 60.7 Å². The number of nitrogens with one attached hydrogen (secondary N) is 1. The molecule has 0 fully saturated rings. The number of rotatable bonds is 8. The number of aromatic hydroxyl groups is 1. The van der Waals surface area contributed by atoms with Crippen molar-refractivity contribution in [3.8, 4) is 22.6 Å². The first-order valence-corrected chi connectivity index (χ1v) is 11.3. The summed E-state index contributed by atoms with van der Waals surface area (Å²) in [4.78, 5) is 10.9. The van der Waals surface area contributed by atoms with Crippen molar-refractivity contribution in [3.05, 3.63) is 99.7 Å². The number of ether oxygens (including phenoxy) is 1. The van der Waals surface area contributed by atoms with Crippen LogP contribution in [0.1, 0.15) is 25.7 Å². The van der Waals surface area contributed by atoms with Crippen LogP contribution in [0.25, 0.3) is 11.1 Å². The van der Waals surface area contributed by atoms with Crippen molar-refractivity contribution in [3.63, 3.8) is 0 Å². The van der Waals surface area contributed by atoms with Crippen LogP contribution < -0.4 is 10.1 Å². The Balaban J connectivity index is 1.40. The van der Waals surface area contributed by atoms with Gasteiger partial charge in [0, 0.05) is 22.7 Å². The maximum atomic E-state index is 13.6. The third-order valence-corrected chi connectivity index (χ3v) is 6.31. The van der Waals surface area contributed by atoms with Crippen molar-refractivity contribution in [1.29, 1.82) is 0 Å². The van der Waals surface area contributed by atoms with Crippen LogP contribution in [0.15, 0.2) is 78.9 Å². The van der Waals surface area contributed by atoms with E-state index in [0.29, 0.717) is 39.8 Å². The second-order valence-corrected chi connectivity index (χ2v) is 8.78. The molecule has 0 unspecified atom stereocenters. The van der Waals surface area contributed by atoms with Gasteiger partial charge in [-0.3, -0.25) is 0 Å². The average Bonchev–Trinajstić information content (AvgIpc) is 3.28. The summed E-state index contributed by atoms with van der Waals surface area (Å²) >= 11 is 0.674. The summed E-state index contributed by atoms with van der Waals surface area (Å²) in [6, 6.07) is 21.2. The highest BCUT2D eigenvalue weighted by atomic mass is 32.1. The number of aromatic carboxylic acids is 1. The second kappa shape index (κ2) is 10.1. The molecule has 180 valence electrons. The van der Waals surface area contributed by atoms with Crippen molar-refractivity contribution in [1.82, 2.24) is 0 Å². The molecule has 4 rings (SSSR count). The van der Waals surface area contributed by atoms with Crippen LogP contribution in [0.5, 0.6) is 11.5 Å². The molecule has 0 atom stereocenters. The van der Waals surface area contributed by atoms with E-state index in [-0.39, 0.29) is 23.5 Å². The Morgan fingerprint density at radius 3 is 2.34 bits per heavy atom. The van der Waals surface area contributed by atoms with Crippen LogP contribution in [-0.4, -0.2) is 16.2 Å². The second-order valence-electron chi connectivity index (χ2n) is 7.64. The minimum atomic E-state index is -4.45. The van der Waals surface area contributed by atoms with Crippen molar-refractivity contribution in [2.75, 3.05) is 5.32 Å². The fourth-order valence-corrected chi connectivity index (χ4v) is 4.39. The maximum absolute atomic E-state index is 13.6. The molecule has 0 spiro atoms. The Morgan fingerprint density at radius 1 is 0.971 bits per heavy atom. The monoisotopic (exact) mass is 499 g/mol. The zero-order chi connectivity index (χ0) is 25.0. The van der Waals surface area contributed by atoms with E-state index in [2.05, 4.69) is 5.32 Å². The van der Waals surface area contributed by atoms with Gasteiger partial charge in [-0.2, -0.15) is 13.2 Å². The summed E-state index contributed by atoms with van der Waals surface area (Å²) < 4.78 is 46.4. The Kier molecular flexibility index (Phi) is 6.97. The van der Waals surface area contributed by atoms with E-state index >= 15 is 0 Å². The molecular formula is C26H20F3NO4S. The van der Waals surface area contributed by atoms with E-state index < -0.39 is 17.0 Å². The van der Waals surface area contributed by atoms with Crippen LogP contribution in [0.2, 0.25) is 0 Å². The molecule has 1 aromatic heterocycles. The molecule has 0 saturated heterocycles. The number of thiophene rings is 1. The van der Waals surface area contributed by atoms with Gasteiger partial charge in [-0.15, -0.1) is 11.3 Å². The van der Waals surface area contributed by atoms with Gasteiger partial charge in [0.25, 0.3) is 0 Å². The van der Waals surface area contributed by atoms with E-state index in [0.717, 1.165) is 5.56 Å². The fourth-order valence-electron chi connectivity index (χ4n) is 3.44. The molecule has 0 aliphatic carbocycles. The van der Waals surface area contributed by atoms with Gasteiger partial charge < -0.3 is 20.3 Å². The molecule has 3 aromatic carbocycles. The van der Waals surface area contributed by atoms with E-state index in [4.69, 9.17) is 9.84 Å². The topological polar surface area (TPSA) is 78.8 Å². The number of carboxylic acids is 1. The number of alkyl halides is 3. The lowest BCUT2D eigenvalue weighted by Crippen LogP contribution is -2.03. The summed E-state index contributed by atoms with van der Waals surface area (Å²) in [6.07, 6.45) is -4.45. The van der Waals surface area contributed by atoms with Crippen molar-refractivity contribution in [2.45, 2.75) is 19.3 Å². The molecule has 35 heavy (non-hydrogen) atoms. The number of carbonyl (C=O) groups is 1. The van der Waals surface area contributed by atoms with Gasteiger partial charge in [-0.05, 0) is 47.5 Å². The maximum Gasteiger partial charge on any atom is 0.426 e. The fraction of sp³-hybridized carbons (Fsp3) is 0.115. The first-order valence-electron chi connectivity index (χ1n) is 10.5. The van der Waals surface area contributed by atoms with E-state index in [9.17, 15) is 23.1 Å². The highest BCUT2D eigenvalue weighted by Crippen LogP contribution is 2.43. The Bertz CT molecular complexity index is 1320. The minimum Gasteiger partial charge on any atom is -0.507 e. The average molecular weight is 500 g/mol. The molecule has 0 aliphatic heterocycles. The Hall–Kier alpha value is -3.98. The zero-order valence-corrected chi connectivity index (χ0v) is 19.0. The largest absolute Gasteiger partial charge is 0.507 e. The molecule has 4 aromatic rings. The molecule has 5 nitrogen and oxygen atoms in total. The minimum absolute atomic E-state index is 0.00362. The number of halogens is 3. The smallest absolute Gasteiger partial charge is 0.426 e. The lowest BCUT2D eigenvalue weighted by molar-refractivity contribution is -0.133. The standard InChI is InChI=1S/C26H20F3NO4S/c27-26(28,29)24-21(17-4-2-1-3-5-17)13-20(35-24)15-34-19-9-6-16(7-10-19)14-30-18-8-11-23(31)22(12-18)25(32)33/h1-13,30-31H,14-15H2,(H,32,33). The van der Waals surface area contributed by atoms with Gasteiger partial charge in [0.15, 0.2) is 0 Å². The number of benzene rings is 3. The first-order chi connectivity index (χ1) is 16.7. The molecule has 0 bridgehead atoms. The van der Waals surface area contributed by atoms with Crippen molar-refractivity contribution >= 4 is 23.0 Å². The van der Waals surface area contributed by atoms with E-state index in [1.807, 2.05) is 0 Å². The SMILES string of the molecule is O=C(O)c1cc(NCc2ccc(OCc3cc(-c4ccccc4)c(C(F)(F)F)s3)cc2)ccc1O. The summed E-state index contributed by atoms with van der Waals surface area (Å²) in [5.74, 6) is -1.03. The predicted molar refractivity (Wildman–Crippen MR) is 128 cm³/mol. The van der Waals surface area contributed by atoms with Crippen molar-refractivity contribution < 1.29 is 32.9 Å². The Morgan fingerprint density at radius 2 is 1.69 bits per heavy atom. The summed E-state index contributed by atoms with van der Waals surface area (Å²) in [5, 5.41) is 21.8. The number of hydrogen-bond acceptors (Lipinski definition) is 5. The molecule has 0 aliphatic rings. The number of anilines is 1. The van der Waals surface area contributed by atoms with E-state index in [1.165, 1.54) is 18.2 Å². The lowest BCUT2D eigenvalue weighted by atomic mass is 10.1. The molecule has 0 amide bonds. The summed E-state index contributed by atoms with van der Waals surface area (Å²) in [6.45, 7) is 0.397. The molecule has 1 heterocycles. The molecule has 0 radical (unpaired) electrons. The molecule has 3 N–H and O–H groups in total. The number of hydrogen-bond donors (Lipinski definition) is 3. The van der Waals surface area contributed by atoms with Crippen molar-refractivity contribution in [2.24, 2.45) is 0 Å². The summed E-state index contributed by atoms with van der Waals surface area (Å²) in [5.41, 5.74) is 1.86. The van der Waals surface area contributed by atoms with Gasteiger partial charge in [-0.25, -0.2) is 4.79 Å². The lowest BCUT2D eigenvalue weighted by Gasteiger charge is -2.10. The van der Waals surface area contributed by atoms with Crippen LogP contribution in [0.3, 0.4) is 0 Å². The van der Waals surface area contributed by atoms with Gasteiger partial charge in [0.2, 0.25) is 0 Å². The third-order valence-electron chi connectivity index (χ3n) is 5.15. The molecule has 0 saturated carbocycles. The molecular weight excluding hydrogens is 479 g/mol. The van der Waals surface area contributed by atoms with Gasteiger partial charge in [0.05, 0.1) is 0 Å². The Labute approximate surface area is 203 Å². The third kappa shape index (κ3) is 5.93. The highest BCUT2D eigenvalue weighted by Gasteiger charge is 2.36. The van der Waals surface area contributed by atoms with Gasteiger partial charge in [0.1, 0.15) is 28.5 Å². The first kappa shape index (κ1) is 24.2. The predicted octanol–water partition coefficient (Wildman–Crippen LogP) is 7.03. The zero-order valence-electron chi connectivity index (χ0n) is 18.2. The number of carboxylic acid groups (broad SMARTS) is 1. The van der Waals surface area contributed by atoms with Gasteiger partial charge in [-0.1, -0.05) is 42.5 Å². The van der Waals surface area contributed by atoms with Crippen LogP contribution >= 0.6 is 11.3 Å². The van der Waals surface area contributed by atoms with Gasteiger partial charge >= 0.3 is 12.1 Å². The summed E-state index contributed by atoms with van der Waals surface area (Å²) in [7, 11) is 0. The number of phenols is 1. The molecule has 9 heteroatoms. The normalized spacial score (nSPS) is 11.3. The van der Waals surface area contributed by atoms with Crippen LogP contribution in [0, 0.1) is 0 Å². The highest BCUT2D eigenvalue weighted by molar-refractivity contribution is 7.12. The van der Waals surface area contributed by atoms with Crippen LogP contribution in [-0.2, 0) is 19.3 Å². The van der Waals surface area contributed by atoms with Crippen LogP contribution in [0.4, 0.5) is 18.9 Å².